The maximum absolute atomic E-state index is 12.0. The summed E-state index contributed by atoms with van der Waals surface area (Å²) in [6.07, 6.45) is 0.659. The van der Waals surface area contributed by atoms with Crippen LogP contribution in [0.2, 0.25) is 0 Å². The van der Waals surface area contributed by atoms with Crippen LogP contribution in [0.4, 0.5) is 5.69 Å². The fourth-order valence-corrected chi connectivity index (χ4v) is 2.51. The van der Waals surface area contributed by atoms with Gasteiger partial charge in [-0.05, 0) is 19.4 Å². The number of likely N-dealkylation sites (N-methyl/N-ethyl adjacent to an activating group) is 1. The third kappa shape index (κ3) is 3.80. The van der Waals surface area contributed by atoms with Crippen molar-refractivity contribution in [2.45, 2.75) is 26.3 Å². The average molecular weight is 337 g/mol. The molecule has 0 radical (unpaired) electrons. The smallest absolute Gasteiger partial charge is 0.407 e. The summed E-state index contributed by atoms with van der Waals surface area (Å²) >= 11 is 0. The molecule has 9 nitrogen and oxygen atoms in total. The molecule has 0 aliphatic carbocycles. The van der Waals surface area contributed by atoms with E-state index in [1.165, 1.54) is 22.8 Å². The van der Waals surface area contributed by atoms with Crippen LogP contribution in [0.25, 0.3) is 11.1 Å². The van der Waals surface area contributed by atoms with Gasteiger partial charge in [-0.1, -0.05) is 0 Å². The number of oxazole rings is 1. The molecule has 0 bridgehead atoms. The summed E-state index contributed by atoms with van der Waals surface area (Å²) in [6, 6.07) is 3.97. The molecule has 1 aromatic carbocycles. The summed E-state index contributed by atoms with van der Waals surface area (Å²) in [6.45, 7) is 2.80. The minimum absolute atomic E-state index is 0.0931. The van der Waals surface area contributed by atoms with E-state index >= 15 is 0 Å². The number of nitro groups is 1. The molecule has 1 heterocycles. The van der Waals surface area contributed by atoms with Gasteiger partial charge in [-0.3, -0.25) is 19.5 Å². The molecule has 0 fully saturated rings. The Morgan fingerprint density at radius 2 is 2.21 bits per heavy atom. The van der Waals surface area contributed by atoms with Gasteiger partial charge in [0.2, 0.25) is 5.91 Å². The van der Waals surface area contributed by atoms with E-state index in [0.717, 1.165) is 0 Å². The molecule has 1 amide bonds. The number of hydrogen-bond acceptors (Lipinski definition) is 6. The van der Waals surface area contributed by atoms with E-state index in [0.29, 0.717) is 18.5 Å². The molecule has 0 saturated heterocycles. The van der Waals surface area contributed by atoms with Crippen LogP contribution >= 0.6 is 0 Å². The van der Waals surface area contributed by atoms with Crippen LogP contribution in [-0.4, -0.2) is 45.1 Å². The predicted octanol–water partition coefficient (Wildman–Crippen LogP) is 1.12. The summed E-state index contributed by atoms with van der Waals surface area (Å²) in [7, 11) is 0. The van der Waals surface area contributed by atoms with Crippen LogP contribution in [0.15, 0.2) is 27.4 Å². The second-order valence-electron chi connectivity index (χ2n) is 5.23. The van der Waals surface area contributed by atoms with Crippen molar-refractivity contribution < 1.29 is 19.2 Å². The zero-order chi connectivity index (χ0) is 17.7. The number of amides is 1. The van der Waals surface area contributed by atoms with Gasteiger partial charge < -0.3 is 14.4 Å². The van der Waals surface area contributed by atoms with Crippen molar-refractivity contribution in [3.63, 3.8) is 0 Å². The minimum Gasteiger partial charge on any atom is -0.407 e. The zero-order valence-electron chi connectivity index (χ0n) is 13.3. The Labute approximate surface area is 137 Å². The van der Waals surface area contributed by atoms with Gasteiger partial charge in [-0.25, -0.2) is 4.79 Å². The minimum atomic E-state index is -0.611. The maximum atomic E-state index is 12.0. The van der Waals surface area contributed by atoms with E-state index in [9.17, 15) is 19.7 Å². The van der Waals surface area contributed by atoms with Crippen molar-refractivity contribution in [3.05, 3.63) is 38.9 Å². The van der Waals surface area contributed by atoms with Crippen molar-refractivity contribution in [2.24, 2.45) is 0 Å². The standard InChI is InChI=1S/C15H19N3O6/c1-2-16(8-9-19)14(20)4-3-7-17-12-6-5-11(18(22)23)10-13(12)24-15(17)21/h5-6,10,19H,2-4,7-9H2,1H3. The number of nitrogens with zero attached hydrogens (tertiary/aromatic N) is 3. The molecule has 0 aliphatic rings. The third-order valence-corrected chi connectivity index (χ3v) is 3.74. The molecule has 130 valence electrons. The molecule has 2 rings (SSSR count). The van der Waals surface area contributed by atoms with Crippen LogP contribution in [-0.2, 0) is 11.3 Å². The highest BCUT2D eigenvalue weighted by Gasteiger charge is 2.15. The van der Waals surface area contributed by atoms with Crippen molar-refractivity contribution in [3.8, 4) is 0 Å². The normalized spacial score (nSPS) is 10.9. The number of non-ortho nitro benzene ring substituents is 1. The Morgan fingerprint density at radius 3 is 2.83 bits per heavy atom. The first-order valence-corrected chi connectivity index (χ1v) is 7.64. The number of carbonyl (C=O) groups is 1. The summed E-state index contributed by atoms with van der Waals surface area (Å²) in [4.78, 5) is 35.6. The van der Waals surface area contributed by atoms with Crippen molar-refractivity contribution in [1.82, 2.24) is 9.47 Å². The molecule has 0 unspecified atom stereocenters. The van der Waals surface area contributed by atoms with Crippen molar-refractivity contribution in [2.75, 3.05) is 19.7 Å². The highest BCUT2D eigenvalue weighted by atomic mass is 16.6. The Bertz CT molecular complexity index is 794. The molecule has 1 aromatic heterocycles. The molecule has 0 atom stereocenters. The van der Waals surface area contributed by atoms with Crippen LogP contribution in [0.3, 0.4) is 0 Å². The molecule has 9 heteroatoms. The Balaban J connectivity index is 2.08. The number of nitro benzene ring substituents is 1. The fraction of sp³-hybridized carbons (Fsp3) is 0.467. The number of aliphatic hydroxyl groups is 1. The maximum Gasteiger partial charge on any atom is 0.419 e. The van der Waals surface area contributed by atoms with Gasteiger partial charge in [-0.15, -0.1) is 0 Å². The van der Waals surface area contributed by atoms with Crippen LogP contribution in [0.1, 0.15) is 19.8 Å². The topological polar surface area (TPSA) is 119 Å². The quantitative estimate of drug-likeness (QED) is 0.569. The number of aromatic nitrogens is 1. The number of aryl methyl sites for hydroxylation is 1. The third-order valence-electron chi connectivity index (χ3n) is 3.74. The second kappa shape index (κ2) is 7.73. The van der Waals surface area contributed by atoms with E-state index in [2.05, 4.69) is 0 Å². The first kappa shape index (κ1) is 17.7. The van der Waals surface area contributed by atoms with Crippen LogP contribution in [0.5, 0.6) is 0 Å². The monoisotopic (exact) mass is 337 g/mol. The summed E-state index contributed by atoms with van der Waals surface area (Å²) in [5.41, 5.74) is 0.456. The van der Waals surface area contributed by atoms with E-state index in [1.54, 1.807) is 4.90 Å². The highest BCUT2D eigenvalue weighted by Crippen LogP contribution is 2.20. The Morgan fingerprint density at radius 1 is 1.46 bits per heavy atom. The highest BCUT2D eigenvalue weighted by molar-refractivity contribution is 5.77. The van der Waals surface area contributed by atoms with E-state index in [-0.39, 0.29) is 43.3 Å². The molecule has 24 heavy (non-hydrogen) atoms. The lowest BCUT2D eigenvalue weighted by Crippen LogP contribution is -2.33. The van der Waals surface area contributed by atoms with Gasteiger partial charge in [0, 0.05) is 32.1 Å². The van der Waals surface area contributed by atoms with Gasteiger partial charge in [0.25, 0.3) is 5.69 Å². The second-order valence-corrected chi connectivity index (χ2v) is 5.23. The van der Waals surface area contributed by atoms with Gasteiger partial charge >= 0.3 is 5.76 Å². The fourth-order valence-electron chi connectivity index (χ4n) is 2.51. The number of fused-ring (bicyclic) bond motifs is 1. The summed E-state index contributed by atoms with van der Waals surface area (Å²) in [5, 5.41) is 19.7. The van der Waals surface area contributed by atoms with E-state index in [1.807, 2.05) is 6.92 Å². The van der Waals surface area contributed by atoms with Gasteiger partial charge in [0.05, 0.1) is 23.1 Å². The molecule has 2 aromatic rings. The van der Waals surface area contributed by atoms with E-state index in [4.69, 9.17) is 9.52 Å². The SMILES string of the molecule is CCN(CCO)C(=O)CCCn1c(=O)oc2cc([N+](=O)[O-])ccc21. The first-order valence-electron chi connectivity index (χ1n) is 7.64. The Kier molecular flexibility index (Phi) is 5.69. The van der Waals surface area contributed by atoms with Crippen LogP contribution in [0, 0.1) is 10.1 Å². The van der Waals surface area contributed by atoms with Gasteiger partial charge in [0.1, 0.15) is 0 Å². The number of rotatable bonds is 8. The van der Waals surface area contributed by atoms with Gasteiger partial charge in [0.15, 0.2) is 5.58 Å². The zero-order valence-corrected chi connectivity index (χ0v) is 13.3. The molecule has 1 N–H and O–H groups in total. The number of benzene rings is 1. The van der Waals surface area contributed by atoms with Crippen molar-refractivity contribution >= 4 is 22.7 Å². The Hall–Kier alpha value is -2.68. The predicted molar refractivity (Wildman–Crippen MR) is 85.7 cm³/mol. The van der Waals surface area contributed by atoms with E-state index < -0.39 is 10.7 Å². The number of carbonyl (C=O) groups excluding carboxylic acids is 1. The molecule has 0 spiro atoms. The molecule has 0 aliphatic heterocycles. The lowest BCUT2D eigenvalue weighted by atomic mass is 10.2. The number of hydrogen-bond donors (Lipinski definition) is 1. The molecule has 0 saturated carbocycles. The lowest BCUT2D eigenvalue weighted by Gasteiger charge is -2.19. The lowest BCUT2D eigenvalue weighted by molar-refractivity contribution is -0.384. The van der Waals surface area contributed by atoms with Gasteiger partial charge in [-0.2, -0.15) is 0 Å². The number of aliphatic hydroxyl groups excluding tert-OH is 1. The molecular weight excluding hydrogens is 318 g/mol. The van der Waals surface area contributed by atoms with Crippen molar-refractivity contribution in [1.29, 1.82) is 0 Å². The summed E-state index contributed by atoms with van der Waals surface area (Å²) < 4.78 is 6.38. The first-order chi connectivity index (χ1) is 11.5. The average Bonchev–Trinajstić information content (AvgIpc) is 2.87. The molecular formula is C15H19N3O6. The summed E-state index contributed by atoms with van der Waals surface area (Å²) in [5.74, 6) is -0.705. The van der Waals surface area contributed by atoms with Crippen LogP contribution < -0.4 is 5.76 Å². The largest absolute Gasteiger partial charge is 0.419 e.